The molecule has 3 N–H and O–H groups in total. The predicted octanol–water partition coefficient (Wildman–Crippen LogP) is 2.87. The number of carbonyl (C=O) groups is 1. The van der Waals surface area contributed by atoms with Crippen LogP contribution in [0.3, 0.4) is 0 Å². The van der Waals surface area contributed by atoms with Crippen molar-refractivity contribution in [3.63, 3.8) is 0 Å². The van der Waals surface area contributed by atoms with Gasteiger partial charge in [0, 0.05) is 13.4 Å². The monoisotopic (exact) mass is 384 g/mol. The van der Waals surface area contributed by atoms with Crippen LogP contribution in [0.25, 0.3) is 0 Å². The normalized spacial score (nSPS) is 9.93. The first-order valence-corrected chi connectivity index (χ1v) is 6.05. The Morgan fingerprint density at radius 1 is 1.29 bits per heavy atom. The van der Waals surface area contributed by atoms with E-state index in [1.54, 1.807) is 0 Å². The van der Waals surface area contributed by atoms with Gasteiger partial charge in [-0.2, -0.15) is 0 Å². The standard InChI is InChI=1S/C8H7Br3N2O/c9-4-1-5(10)8(6(11)2-4)13-3-7(12)14/h1-2,13H,3H2,(H2,12,14). The molecule has 1 rings (SSSR count). The van der Waals surface area contributed by atoms with E-state index in [0.717, 1.165) is 19.1 Å². The van der Waals surface area contributed by atoms with Crippen LogP contribution in [-0.4, -0.2) is 12.5 Å². The molecule has 1 aromatic carbocycles. The SMILES string of the molecule is NC(=O)CNc1c(Br)cc(Br)cc1Br. The van der Waals surface area contributed by atoms with Crippen molar-refractivity contribution >= 4 is 59.4 Å². The van der Waals surface area contributed by atoms with E-state index in [0.29, 0.717) is 0 Å². The van der Waals surface area contributed by atoms with Gasteiger partial charge in [-0.1, -0.05) is 15.9 Å². The number of nitrogens with two attached hydrogens (primary N) is 1. The van der Waals surface area contributed by atoms with E-state index in [-0.39, 0.29) is 6.54 Å². The number of amides is 1. The number of rotatable bonds is 3. The molecule has 0 bridgehead atoms. The molecule has 0 saturated carbocycles. The average Bonchev–Trinajstić information content (AvgIpc) is 2.01. The summed E-state index contributed by atoms with van der Waals surface area (Å²) in [6.07, 6.45) is 0. The maximum atomic E-state index is 10.6. The minimum atomic E-state index is -0.397. The summed E-state index contributed by atoms with van der Waals surface area (Å²) in [5.41, 5.74) is 5.84. The maximum Gasteiger partial charge on any atom is 0.236 e. The Bertz CT molecular complexity index is 345. The van der Waals surface area contributed by atoms with E-state index < -0.39 is 5.91 Å². The molecule has 0 heterocycles. The van der Waals surface area contributed by atoms with E-state index in [9.17, 15) is 4.79 Å². The van der Waals surface area contributed by atoms with Crippen molar-refractivity contribution < 1.29 is 4.79 Å². The summed E-state index contributed by atoms with van der Waals surface area (Å²) in [5, 5.41) is 2.92. The Morgan fingerprint density at radius 3 is 2.21 bits per heavy atom. The van der Waals surface area contributed by atoms with E-state index in [2.05, 4.69) is 53.1 Å². The molecule has 1 amide bonds. The van der Waals surface area contributed by atoms with Crippen LogP contribution in [0.1, 0.15) is 0 Å². The molecule has 14 heavy (non-hydrogen) atoms. The highest BCUT2D eigenvalue weighted by atomic mass is 79.9. The molecular formula is C8H7Br3N2O. The van der Waals surface area contributed by atoms with E-state index >= 15 is 0 Å². The lowest BCUT2D eigenvalue weighted by molar-refractivity contribution is -0.116. The summed E-state index contributed by atoms with van der Waals surface area (Å²) in [6.45, 7) is 0.110. The van der Waals surface area contributed by atoms with Gasteiger partial charge in [0.2, 0.25) is 5.91 Å². The van der Waals surface area contributed by atoms with Crippen LogP contribution in [0, 0.1) is 0 Å². The van der Waals surface area contributed by atoms with Gasteiger partial charge in [-0.25, -0.2) is 0 Å². The number of carbonyl (C=O) groups excluding carboxylic acids is 1. The highest BCUT2D eigenvalue weighted by molar-refractivity contribution is 9.11. The minimum absolute atomic E-state index is 0.110. The van der Waals surface area contributed by atoms with E-state index in [1.165, 1.54) is 0 Å². The predicted molar refractivity (Wildman–Crippen MR) is 67.2 cm³/mol. The molecular weight excluding hydrogens is 380 g/mol. The van der Waals surface area contributed by atoms with Crippen LogP contribution < -0.4 is 11.1 Å². The third-order valence-corrected chi connectivity index (χ3v) is 3.15. The fourth-order valence-corrected chi connectivity index (χ4v) is 3.43. The van der Waals surface area contributed by atoms with Crippen LogP contribution in [-0.2, 0) is 4.79 Å². The number of anilines is 1. The molecule has 0 saturated heterocycles. The van der Waals surface area contributed by atoms with Crippen LogP contribution in [0.15, 0.2) is 25.6 Å². The molecule has 76 valence electrons. The zero-order valence-corrected chi connectivity index (χ0v) is 11.7. The summed E-state index contributed by atoms with van der Waals surface area (Å²) in [6, 6.07) is 3.77. The highest BCUT2D eigenvalue weighted by Gasteiger charge is 2.06. The Kier molecular flexibility index (Phi) is 4.40. The largest absolute Gasteiger partial charge is 0.374 e. The van der Waals surface area contributed by atoms with Crippen molar-refractivity contribution in [3.8, 4) is 0 Å². The van der Waals surface area contributed by atoms with Crippen molar-refractivity contribution in [3.05, 3.63) is 25.6 Å². The summed E-state index contributed by atoms with van der Waals surface area (Å²) < 4.78 is 2.67. The number of halogens is 3. The average molecular weight is 387 g/mol. The van der Waals surface area contributed by atoms with Crippen molar-refractivity contribution in [2.45, 2.75) is 0 Å². The first-order valence-electron chi connectivity index (χ1n) is 3.67. The number of hydrogen-bond donors (Lipinski definition) is 2. The van der Waals surface area contributed by atoms with Crippen LogP contribution >= 0.6 is 47.8 Å². The highest BCUT2D eigenvalue weighted by Crippen LogP contribution is 2.34. The second kappa shape index (κ2) is 5.14. The topological polar surface area (TPSA) is 55.1 Å². The lowest BCUT2D eigenvalue weighted by Crippen LogP contribution is -2.22. The lowest BCUT2D eigenvalue weighted by atomic mass is 10.3. The molecule has 0 spiro atoms. The third kappa shape index (κ3) is 3.25. The van der Waals surface area contributed by atoms with Crippen molar-refractivity contribution in [1.29, 1.82) is 0 Å². The Hall–Kier alpha value is -0.0700. The van der Waals surface area contributed by atoms with Crippen molar-refractivity contribution in [1.82, 2.24) is 0 Å². The summed E-state index contributed by atoms with van der Waals surface area (Å²) in [7, 11) is 0. The fourth-order valence-electron chi connectivity index (χ4n) is 0.887. The minimum Gasteiger partial charge on any atom is -0.374 e. The zero-order chi connectivity index (χ0) is 10.7. The van der Waals surface area contributed by atoms with Gasteiger partial charge in [-0.3, -0.25) is 4.79 Å². The second-order valence-electron chi connectivity index (χ2n) is 2.56. The molecule has 0 fully saturated rings. The fraction of sp³-hybridized carbons (Fsp3) is 0.125. The quantitative estimate of drug-likeness (QED) is 0.839. The molecule has 6 heteroatoms. The molecule has 0 unspecified atom stereocenters. The van der Waals surface area contributed by atoms with Gasteiger partial charge in [-0.15, -0.1) is 0 Å². The third-order valence-electron chi connectivity index (χ3n) is 1.45. The van der Waals surface area contributed by atoms with Gasteiger partial charge >= 0.3 is 0 Å². The molecule has 1 aromatic rings. The number of benzene rings is 1. The van der Waals surface area contributed by atoms with Gasteiger partial charge in [0.25, 0.3) is 0 Å². The van der Waals surface area contributed by atoms with Crippen molar-refractivity contribution in [2.75, 3.05) is 11.9 Å². The summed E-state index contributed by atoms with van der Waals surface area (Å²) in [5.74, 6) is -0.397. The van der Waals surface area contributed by atoms with Gasteiger partial charge in [0.05, 0.1) is 12.2 Å². The molecule has 3 nitrogen and oxygen atoms in total. The van der Waals surface area contributed by atoms with Gasteiger partial charge in [0.15, 0.2) is 0 Å². The Morgan fingerprint density at radius 2 is 1.79 bits per heavy atom. The smallest absolute Gasteiger partial charge is 0.236 e. The summed E-state index contributed by atoms with van der Waals surface area (Å²) in [4.78, 5) is 10.6. The lowest BCUT2D eigenvalue weighted by Gasteiger charge is -2.09. The number of primary amides is 1. The molecule has 0 aromatic heterocycles. The summed E-state index contributed by atoms with van der Waals surface area (Å²) >= 11 is 10.1. The van der Waals surface area contributed by atoms with Gasteiger partial charge < -0.3 is 11.1 Å². The number of hydrogen-bond acceptors (Lipinski definition) is 2. The van der Waals surface area contributed by atoms with Gasteiger partial charge in [-0.05, 0) is 44.0 Å². The first-order chi connectivity index (χ1) is 6.50. The van der Waals surface area contributed by atoms with Crippen LogP contribution in [0.2, 0.25) is 0 Å². The number of nitrogens with one attached hydrogen (secondary N) is 1. The molecule has 0 aliphatic carbocycles. The second-order valence-corrected chi connectivity index (χ2v) is 5.19. The Balaban J connectivity index is 2.91. The van der Waals surface area contributed by atoms with E-state index in [1.807, 2.05) is 12.1 Å². The van der Waals surface area contributed by atoms with Gasteiger partial charge in [0.1, 0.15) is 0 Å². The maximum absolute atomic E-state index is 10.6. The zero-order valence-electron chi connectivity index (χ0n) is 6.98. The molecule has 0 radical (unpaired) electrons. The molecule has 0 aliphatic heterocycles. The van der Waals surface area contributed by atoms with Crippen LogP contribution in [0.4, 0.5) is 5.69 Å². The molecule has 0 atom stereocenters. The van der Waals surface area contributed by atoms with Crippen LogP contribution in [0.5, 0.6) is 0 Å². The Labute approximate surface area is 107 Å². The van der Waals surface area contributed by atoms with Crippen molar-refractivity contribution in [2.24, 2.45) is 5.73 Å². The van der Waals surface area contributed by atoms with E-state index in [4.69, 9.17) is 5.73 Å². The first kappa shape index (κ1) is 12.0. The molecule has 0 aliphatic rings.